The van der Waals surface area contributed by atoms with Crippen molar-refractivity contribution < 1.29 is 23.8 Å². The van der Waals surface area contributed by atoms with Crippen molar-refractivity contribution in [3.63, 3.8) is 0 Å². The molecule has 0 unspecified atom stereocenters. The molecule has 1 aromatic heterocycles. The molecule has 32 heavy (non-hydrogen) atoms. The number of halogens is 1. The van der Waals surface area contributed by atoms with Gasteiger partial charge in [-0.3, -0.25) is 0 Å². The van der Waals surface area contributed by atoms with Crippen LogP contribution in [0, 0.1) is 0 Å². The summed E-state index contributed by atoms with van der Waals surface area (Å²) in [4.78, 5) is 30.4. The molecule has 8 heteroatoms. The molecule has 2 aromatic rings. The fraction of sp³-hybridized carbons (Fsp3) is 0.458. The van der Waals surface area contributed by atoms with Crippen molar-refractivity contribution in [1.82, 2.24) is 9.88 Å². The second-order valence-corrected chi connectivity index (χ2v) is 9.58. The number of carbonyl (C=O) groups is 2. The van der Waals surface area contributed by atoms with E-state index in [2.05, 4.69) is 20.9 Å². The predicted octanol–water partition coefficient (Wildman–Crippen LogP) is 5.32. The van der Waals surface area contributed by atoms with Crippen molar-refractivity contribution >= 4 is 28.0 Å². The highest BCUT2D eigenvalue weighted by Gasteiger charge is 2.28. The van der Waals surface area contributed by atoms with Gasteiger partial charge in [-0.15, -0.1) is 0 Å². The number of hydrogen-bond acceptors (Lipinski definition) is 6. The fourth-order valence-corrected chi connectivity index (χ4v) is 3.98. The van der Waals surface area contributed by atoms with E-state index in [9.17, 15) is 9.59 Å². The third-order valence-corrected chi connectivity index (χ3v) is 5.90. The van der Waals surface area contributed by atoms with Crippen molar-refractivity contribution in [3.05, 3.63) is 57.7 Å². The van der Waals surface area contributed by atoms with Crippen LogP contribution in [-0.4, -0.2) is 47.7 Å². The Labute approximate surface area is 197 Å². The van der Waals surface area contributed by atoms with Crippen LogP contribution in [0.15, 0.2) is 40.9 Å². The number of aromatic nitrogens is 1. The first-order valence-corrected chi connectivity index (χ1v) is 11.4. The fourth-order valence-electron chi connectivity index (χ4n) is 3.48. The van der Waals surface area contributed by atoms with Gasteiger partial charge in [0.1, 0.15) is 12.2 Å². The van der Waals surface area contributed by atoms with Gasteiger partial charge >= 0.3 is 12.1 Å². The highest BCUT2D eigenvalue weighted by atomic mass is 79.9. The Morgan fingerprint density at radius 1 is 1.16 bits per heavy atom. The van der Waals surface area contributed by atoms with E-state index >= 15 is 0 Å². The Hall–Kier alpha value is -2.61. The highest BCUT2D eigenvalue weighted by Crippen LogP contribution is 2.29. The minimum Gasteiger partial charge on any atom is -0.473 e. The van der Waals surface area contributed by atoms with Crippen molar-refractivity contribution in [1.29, 1.82) is 0 Å². The van der Waals surface area contributed by atoms with Crippen molar-refractivity contribution in [3.8, 4) is 5.88 Å². The van der Waals surface area contributed by atoms with E-state index in [0.717, 1.165) is 28.6 Å². The highest BCUT2D eigenvalue weighted by molar-refractivity contribution is 9.10. The Morgan fingerprint density at radius 3 is 2.50 bits per heavy atom. The second kappa shape index (κ2) is 10.3. The Morgan fingerprint density at radius 2 is 1.88 bits per heavy atom. The van der Waals surface area contributed by atoms with Gasteiger partial charge in [0.25, 0.3) is 0 Å². The van der Waals surface area contributed by atoms with Gasteiger partial charge in [0.2, 0.25) is 5.88 Å². The van der Waals surface area contributed by atoms with Gasteiger partial charge in [-0.2, -0.15) is 0 Å². The standard InChI is InChI=1S/C24H29BrN2O5/c1-24(2,3)32-23(29)27-12-10-16(11-13-27)20-6-5-7-21(26-20)31-15-18-9-8-17(14-19(18)25)22(28)30-4/h5-9,14,16H,10-13,15H2,1-4H3. The van der Waals surface area contributed by atoms with Crippen LogP contribution < -0.4 is 4.74 Å². The summed E-state index contributed by atoms with van der Waals surface area (Å²) in [5.41, 5.74) is 1.85. The molecule has 0 spiro atoms. The van der Waals surface area contributed by atoms with E-state index < -0.39 is 5.60 Å². The minimum atomic E-state index is -0.490. The third-order valence-electron chi connectivity index (χ3n) is 5.16. The van der Waals surface area contributed by atoms with Crippen molar-refractivity contribution in [2.24, 2.45) is 0 Å². The lowest BCUT2D eigenvalue weighted by molar-refractivity contribution is 0.0203. The topological polar surface area (TPSA) is 78.0 Å². The Kier molecular flexibility index (Phi) is 7.77. The number of hydrogen-bond donors (Lipinski definition) is 0. The minimum absolute atomic E-state index is 0.259. The number of rotatable bonds is 5. The summed E-state index contributed by atoms with van der Waals surface area (Å²) in [7, 11) is 1.35. The number of amides is 1. The summed E-state index contributed by atoms with van der Waals surface area (Å²) in [5.74, 6) is 0.426. The lowest BCUT2D eigenvalue weighted by Crippen LogP contribution is -2.41. The molecule has 1 fully saturated rings. The van der Waals surface area contributed by atoms with E-state index in [0.29, 0.717) is 31.1 Å². The number of benzene rings is 1. The van der Waals surface area contributed by atoms with Crippen LogP contribution in [0.5, 0.6) is 5.88 Å². The molecule has 3 rings (SSSR count). The van der Waals surface area contributed by atoms with Gasteiger partial charge in [0.05, 0.1) is 12.7 Å². The average Bonchev–Trinajstić information content (AvgIpc) is 2.77. The van der Waals surface area contributed by atoms with Crippen LogP contribution in [0.25, 0.3) is 0 Å². The van der Waals surface area contributed by atoms with E-state index in [-0.39, 0.29) is 18.0 Å². The summed E-state index contributed by atoms with van der Waals surface area (Å²) >= 11 is 3.48. The first-order chi connectivity index (χ1) is 15.2. The summed E-state index contributed by atoms with van der Waals surface area (Å²) in [6.45, 7) is 7.23. The summed E-state index contributed by atoms with van der Waals surface area (Å²) in [6, 6.07) is 11.0. The predicted molar refractivity (Wildman–Crippen MR) is 124 cm³/mol. The smallest absolute Gasteiger partial charge is 0.410 e. The van der Waals surface area contributed by atoms with Gasteiger partial charge in [-0.1, -0.05) is 28.1 Å². The molecule has 0 radical (unpaired) electrons. The first kappa shape index (κ1) is 24.0. The lowest BCUT2D eigenvalue weighted by atomic mass is 9.93. The molecule has 1 saturated heterocycles. The van der Waals surface area contributed by atoms with Crippen LogP contribution in [0.4, 0.5) is 4.79 Å². The molecule has 0 saturated carbocycles. The number of pyridine rings is 1. The molecule has 2 heterocycles. The molecule has 0 aliphatic carbocycles. The van der Waals surface area contributed by atoms with Crippen molar-refractivity contribution in [2.45, 2.75) is 51.7 Å². The number of methoxy groups -OCH3 is 1. The summed E-state index contributed by atoms with van der Waals surface area (Å²) in [5, 5.41) is 0. The maximum absolute atomic E-state index is 12.3. The number of piperidine rings is 1. The van der Waals surface area contributed by atoms with Gasteiger partial charge < -0.3 is 19.1 Å². The van der Waals surface area contributed by atoms with Crippen LogP contribution >= 0.6 is 15.9 Å². The van der Waals surface area contributed by atoms with Gasteiger partial charge in [-0.05, 0) is 51.8 Å². The Bertz CT molecular complexity index is 965. The maximum Gasteiger partial charge on any atom is 0.410 e. The number of esters is 1. The van der Waals surface area contributed by atoms with Crippen molar-refractivity contribution in [2.75, 3.05) is 20.2 Å². The normalized spacial score (nSPS) is 14.7. The Balaban J connectivity index is 1.57. The second-order valence-electron chi connectivity index (χ2n) is 8.73. The zero-order valence-corrected chi connectivity index (χ0v) is 20.5. The van der Waals surface area contributed by atoms with E-state index in [4.69, 9.17) is 14.2 Å². The average molecular weight is 505 g/mol. The SMILES string of the molecule is COC(=O)c1ccc(COc2cccc(C3CCN(C(=O)OC(C)(C)C)CC3)n2)c(Br)c1. The number of nitrogens with zero attached hydrogens (tertiary/aromatic N) is 2. The quantitative estimate of drug-likeness (QED) is 0.512. The monoisotopic (exact) mass is 504 g/mol. The summed E-state index contributed by atoms with van der Waals surface area (Å²) < 4.78 is 16.9. The third kappa shape index (κ3) is 6.45. The van der Waals surface area contributed by atoms with Crippen LogP contribution in [0.2, 0.25) is 0 Å². The first-order valence-electron chi connectivity index (χ1n) is 10.6. The van der Waals surface area contributed by atoms with E-state index in [1.807, 2.05) is 45.0 Å². The number of carbonyl (C=O) groups excluding carboxylic acids is 2. The van der Waals surface area contributed by atoms with Gasteiger partial charge in [0.15, 0.2) is 0 Å². The molecule has 1 amide bonds. The number of ether oxygens (including phenoxy) is 3. The molecule has 1 aliphatic heterocycles. The van der Waals surface area contributed by atoms with Gasteiger partial charge in [-0.25, -0.2) is 14.6 Å². The maximum atomic E-state index is 12.3. The molecular weight excluding hydrogens is 476 g/mol. The molecule has 0 atom stereocenters. The zero-order valence-electron chi connectivity index (χ0n) is 18.9. The zero-order chi connectivity index (χ0) is 23.3. The molecule has 1 aromatic carbocycles. The molecule has 1 aliphatic rings. The van der Waals surface area contributed by atoms with Crippen LogP contribution in [0.3, 0.4) is 0 Å². The molecule has 0 bridgehead atoms. The van der Waals surface area contributed by atoms with Crippen LogP contribution in [-0.2, 0) is 16.1 Å². The van der Waals surface area contributed by atoms with E-state index in [1.165, 1.54) is 7.11 Å². The molecule has 0 N–H and O–H groups in total. The molecule has 7 nitrogen and oxygen atoms in total. The largest absolute Gasteiger partial charge is 0.473 e. The molecular formula is C24H29BrN2O5. The van der Waals surface area contributed by atoms with Crippen LogP contribution in [0.1, 0.15) is 61.1 Å². The van der Waals surface area contributed by atoms with Gasteiger partial charge in [0, 0.05) is 40.8 Å². The van der Waals surface area contributed by atoms with E-state index in [1.54, 1.807) is 17.0 Å². The lowest BCUT2D eigenvalue weighted by Gasteiger charge is -2.33. The number of likely N-dealkylation sites (tertiary alicyclic amines) is 1. The summed E-state index contributed by atoms with van der Waals surface area (Å²) in [6.07, 6.45) is 1.40. The molecule has 172 valence electrons.